The lowest BCUT2D eigenvalue weighted by atomic mass is 9.84. The van der Waals surface area contributed by atoms with Crippen LogP contribution in [0, 0.1) is 0 Å². The molecule has 0 fully saturated rings. The number of thiophene rings is 1. The van der Waals surface area contributed by atoms with E-state index in [0.29, 0.717) is 16.9 Å². The van der Waals surface area contributed by atoms with Gasteiger partial charge in [0.25, 0.3) is 5.91 Å². The number of carbonyl (C=O) groups is 2. The molecular weight excluding hydrogens is 386 g/mol. The Morgan fingerprint density at radius 3 is 2.45 bits per heavy atom. The van der Waals surface area contributed by atoms with Crippen LogP contribution in [0.5, 0.6) is 0 Å². The van der Waals surface area contributed by atoms with Crippen LogP contribution in [0.25, 0.3) is 16.8 Å². The Balaban J connectivity index is 1.53. The summed E-state index contributed by atoms with van der Waals surface area (Å²) in [5.74, 6) is -0.764. The van der Waals surface area contributed by atoms with Crippen LogP contribution in [-0.4, -0.2) is 26.4 Å². The molecule has 0 unspecified atom stereocenters. The number of carboxylic acid groups (broad SMARTS) is 1. The fourth-order valence-corrected chi connectivity index (χ4v) is 3.67. The lowest BCUT2D eigenvalue weighted by molar-refractivity contribution is -0.142. The molecule has 0 spiro atoms. The predicted molar refractivity (Wildman–Crippen MR) is 114 cm³/mol. The highest BCUT2D eigenvalue weighted by Crippen LogP contribution is 2.25. The van der Waals surface area contributed by atoms with Gasteiger partial charge in [0.05, 0.1) is 11.6 Å². The maximum absolute atomic E-state index is 12.6. The highest BCUT2D eigenvalue weighted by molar-refractivity contribution is 7.08. The molecule has 7 heteroatoms. The second-order valence-corrected chi connectivity index (χ2v) is 8.06. The molecule has 4 aromatic rings. The van der Waals surface area contributed by atoms with Crippen molar-refractivity contribution >= 4 is 34.7 Å². The molecule has 0 aliphatic heterocycles. The van der Waals surface area contributed by atoms with Gasteiger partial charge in [0.15, 0.2) is 5.82 Å². The summed E-state index contributed by atoms with van der Waals surface area (Å²) in [6.07, 6.45) is 3.74. The maximum atomic E-state index is 12.6. The maximum Gasteiger partial charge on any atom is 0.313 e. The van der Waals surface area contributed by atoms with Gasteiger partial charge in [-0.05, 0) is 71.6 Å². The minimum Gasteiger partial charge on any atom is -0.481 e. The molecule has 0 radical (unpaired) electrons. The summed E-state index contributed by atoms with van der Waals surface area (Å²) in [5, 5.41) is 16.2. The van der Waals surface area contributed by atoms with Crippen LogP contribution in [0.4, 0.5) is 5.82 Å². The van der Waals surface area contributed by atoms with Gasteiger partial charge in [0, 0.05) is 11.8 Å². The van der Waals surface area contributed by atoms with Gasteiger partial charge in [-0.15, -0.1) is 0 Å². The average Bonchev–Trinajstić information content (AvgIpc) is 3.36. The molecule has 6 nitrogen and oxygen atoms in total. The van der Waals surface area contributed by atoms with E-state index in [1.807, 2.05) is 28.1 Å². The fourth-order valence-electron chi connectivity index (χ4n) is 3.00. The molecule has 0 aliphatic rings. The van der Waals surface area contributed by atoms with Crippen molar-refractivity contribution in [2.75, 3.05) is 5.32 Å². The fraction of sp³-hybridized carbons (Fsp3) is 0.136. The topological polar surface area (TPSA) is 83.7 Å². The highest BCUT2D eigenvalue weighted by Gasteiger charge is 2.29. The van der Waals surface area contributed by atoms with Gasteiger partial charge in [-0.1, -0.05) is 12.1 Å². The van der Waals surface area contributed by atoms with Crippen molar-refractivity contribution < 1.29 is 14.7 Å². The number of hydrogen-bond acceptors (Lipinski definition) is 4. The molecule has 1 amide bonds. The molecule has 1 aromatic carbocycles. The standard InChI is InChI=1S/C22H19N3O3S/c1-22(2,21(27)28)17-6-3-14(4-7-17)20(26)24-18-12-25-11-15(5-8-19(25)23-18)16-9-10-29-13-16/h3-13H,1-2H3,(H,24,26)(H,27,28). The van der Waals surface area contributed by atoms with Gasteiger partial charge in [-0.3, -0.25) is 9.59 Å². The van der Waals surface area contributed by atoms with Crippen LogP contribution in [0.3, 0.4) is 0 Å². The van der Waals surface area contributed by atoms with Crippen LogP contribution in [0.15, 0.2) is 65.6 Å². The summed E-state index contributed by atoms with van der Waals surface area (Å²) in [5.41, 5.74) is 3.00. The van der Waals surface area contributed by atoms with E-state index in [-0.39, 0.29) is 5.91 Å². The number of hydrogen-bond donors (Lipinski definition) is 2. The van der Waals surface area contributed by atoms with Crippen molar-refractivity contribution in [1.29, 1.82) is 0 Å². The number of nitrogens with one attached hydrogen (secondary N) is 1. The van der Waals surface area contributed by atoms with Gasteiger partial charge >= 0.3 is 5.97 Å². The van der Waals surface area contributed by atoms with Gasteiger partial charge in [-0.2, -0.15) is 11.3 Å². The van der Waals surface area contributed by atoms with E-state index in [1.54, 1.807) is 55.6 Å². The molecular formula is C22H19N3O3S. The predicted octanol–water partition coefficient (Wildman–Crippen LogP) is 4.68. The number of rotatable bonds is 5. The van der Waals surface area contributed by atoms with Gasteiger partial charge in [0.1, 0.15) is 5.65 Å². The zero-order chi connectivity index (χ0) is 20.6. The molecule has 29 heavy (non-hydrogen) atoms. The lowest BCUT2D eigenvalue weighted by Gasteiger charge is -2.19. The Morgan fingerprint density at radius 2 is 1.79 bits per heavy atom. The lowest BCUT2D eigenvalue weighted by Crippen LogP contribution is -2.28. The number of nitrogens with zero attached hydrogens (tertiary/aromatic N) is 2. The number of benzene rings is 1. The molecule has 0 saturated heterocycles. The zero-order valence-electron chi connectivity index (χ0n) is 15.9. The van der Waals surface area contributed by atoms with E-state index in [2.05, 4.69) is 21.7 Å². The van der Waals surface area contributed by atoms with E-state index in [9.17, 15) is 14.7 Å². The number of aromatic nitrogens is 2. The van der Waals surface area contributed by atoms with E-state index in [0.717, 1.165) is 16.8 Å². The third kappa shape index (κ3) is 3.64. The SMILES string of the molecule is CC(C)(C(=O)O)c1ccc(C(=O)Nc2cn3cc(-c4ccsc4)ccc3n2)cc1. The normalized spacial score (nSPS) is 11.5. The van der Waals surface area contributed by atoms with E-state index < -0.39 is 11.4 Å². The van der Waals surface area contributed by atoms with Crippen molar-refractivity contribution in [2.24, 2.45) is 0 Å². The van der Waals surface area contributed by atoms with Gasteiger partial charge < -0.3 is 14.8 Å². The minimum atomic E-state index is -1.02. The Bertz CT molecular complexity index is 1190. The molecule has 0 bridgehead atoms. The number of pyridine rings is 1. The highest BCUT2D eigenvalue weighted by atomic mass is 32.1. The van der Waals surface area contributed by atoms with Crippen LogP contribution in [-0.2, 0) is 10.2 Å². The van der Waals surface area contributed by atoms with E-state index >= 15 is 0 Å². The van der Waals surface area contributed by atoms with Crippen molar-refractivity contribution in [1.82, 2.24) is 9.38 Å². The molecule has 0 saturated carbocycles. The van der Waals surface area contributed by atoms with E-state index in [4.69, 9.17) is 0 Å². The summed E-state index contributed by atoms with van der Waals surface area (Å²) in [4.78, 5) is 28.4. The average molecular weight is 405 g/mol. The molecule has 3 heterocycles. The Hall–Kier alpha value is -3.45. The quantitative estimate of drug-likeness (QED) is 0.505. The summed E-state index contributed by atoms with van der Waals surface area (Å²) >= 11 is 1.64. The van der Waals surface area contributed by atoms with Crippen molar-refractivity contribution in [3.63, 3.8) is 0 Å². The molecule has 2 N–H and O–H groups in total. The molecule has 0 aliphatic carbocycles. The smallest absolute Gasteiger partial charge is 0.313 e. The summed E-state index contributed by atoms with van der Waals surface area (Å²) in [7, 11) is 0. The number of imidazole rings is 1. The summed E-state index contributed by atoms with van der Waals surface area (Å²) in [6, 6.07) is 12.5. The Labute approximate surface area is 171 Å². The first-order chi connectivity index (χ1) is 13.8. The number of anilines is 1. The first-order valence-electron chi connectivity index (χ1n) is 9.01. The number of carboxylic acids is 1. The van der Waals surface area contributed by atoms with Gasteiger partial charge in [-0.25, -0.2) is 4.98 Å². The largest absolute Gasteiger partial charge is 0.481 e. The van der Waals surface area contributed by atoms with E-state index in [1.165, 1.54) is 0 Å². The molecule has 146 valence electrons. The minimum absolute atomic E-state index is 0.300. The van der Waals surface area contributed by atoms with Crippen molar-refractivity contribution in [3.05, 3.63) is 76.7 Å². The molecule has 4 rings (SSSR count). The third-order valence-corrected chi connectivity index (χ3v) is 5.63. The second-order valence-electron chi connectivity index (χ2n) is 7.28. The van der Waals surface area contributed by atoms with Crippen LogP contribution in [0.2, 0.25) is 0 Å². The van der Waals surface area contributed by atoms with Gasteiger partial charge in [0.2, 0.25) is 0 Å². The van der Waals surface area contributed by atoms with Crippen molar-refractivity contribution in [3.8, 4) is 11.1 Å². The first-order valence-corrected chi connectivity index (χ1v) is 9.95. The third-order valence-electron chi connectivity index (χ3n) is 4.95. The zero-order valence-corrected chi connectivity index (χ0v) is 16.7. The molecule has 3 aromatic heterocycles. The molecule has 0 atom stereocenters. The van der Waals surface area contributed by atoms with Crippen LogP contribution < -0.4 is 5.32 Å². The Morgan fingerprint density at radius 1 is 1.03 bits per heavy atom. The van der Waals surface area contributed by atoms with Crippen molar-refractivity contribution in [2.45, 2.75) is 19.3 Å². The first kappa shape index (κ1) is 18.9. The van der Waals surface area contributed by atoms with Crippen LogP contribution in [0.1, 0.15) is 29.8 Å². The number of fused-ring (bicyclic) bond motifs is 1. The van der Waals surface area contributed by atoms with Crippen LogP contribution >= 0.6 is 11.3 Å². The number of aliphatic carboxylic acids is 1. The Kier molecular flexibility index (Phi) is 4.68. The monoisotopic (exact) mass is 405 g/mol. The summed E-state index contributed by atoms with van der Waals surface area (Å²) < 4.78 is 1.88. The number of amides is 1. The number of carbonyl (C=O) groups excluding carboxylic acids is 1. The summed E-state index contributed by atoms with van der Waals surface area (Å²) in [6.45, 7) is 3.26. The second kappa shape index (κ2) is 7.18.